The highest BCUT2D eigenvalue weighted by Gasteiger charge is 2.25. The standard InChI is InChI=1S/C18H22N2O3/c1-13-16(14(2)23-19-13)8-9-18(21)20-10-11-22-17(12-20)15-6-4-3-5-7-15/h3-7,17H,8-12H2,1-2H3/t17-/m0/s1. The molecule has 1 aromatic heterocycles. The van der Waals surface area contributed by atoms with Crippen molar-refractivity contribution in [2.75, 3.05) is 19.7 Å². The van der Waals surface area contributed by atoms with Crippen LogP contribution in [0.1, 0.15) is 35.1 Å². The third kappa shape index (κ3) is 3.62. The average Bonchev–Trinajstić information content (AvgIpc) is 2.92. The highest BCUT2D eigenvalue weighted by molar-refractivity contribution is 5.76. The molecule has 0 saturated carbocycles. The second-order valence-electron chi connectivity index (χ2n) is 5.91. The van der Waals surface area contributed by atoms with E-state index in [1.54, 1.807) is 0 Å². The molecule has 1 aromatic carbocycles. The number of rotatable bonds is 4. The third-order valence-electron chi connectivity index (χ3n) is 4.36. The van der Waals surface area contributed by atoms with E-state index in [2.05, 4.69) is 5.16 Å². The van der Waals surface area contributed by atoms with E-state index < -0.39 is 0 Å². The van der Waals surface area contributed by atoms with E-state index in [4.69, 9.17) is 9.26 Å². The van der Waals surface area contributed by atoms with Gasteiger partial charge in [-0.3, -0.25) is 4.79 Å². The topological polar surface area (TPSA) is 55.6 Å². The van der Waals surface area contributed by atoms with Crippen LogP contribution in [0.5, 0.6) is 0 Å². The Hall–Kier alpha value is -2.14. The molecule has 1 aliphatic rings. The Labute approximate surface area is 136 Å². The molecule has 0 aliphatic carbocycles. The van der Waals surface area contributed by atoms with Crippen molar-refractivity contribution in [1.82, 2.24) is 10.1 Å². The summed E-state index contributed by atoms with van der Waals surface area (Å²) in [5.41, 5.74) is 3.04. The van der Waals surface area contributed by atoms with E-state index in [1.807, 2.05) is 49.1 Å². The lowest BCUT2D eigenvalue weighted by atomic mass is 10.1. The summed E-state index contributed by atoms with van der Waals surface area (Å²) >= 11 is 0. The predicted molar refractivity (Wildman–Crippen MR) is 86.0 cm³/mol. The number of amides is 1. The van der Waals surface area contributed by atoms with E-state index >= 15 is 0 Å². The van der Waals surface area contributed by atoms with Gasteiger partial charge in [-0.05, 0) is 25.8 Å². The summed E-state index contributed by atoms with van der Waals surface area (Å²) in [4.78, 5) is 14.4. The van der Waals surface area contributed by atoms with Crippen LogP contribution in [0.4, 0.5) is 0 Å². The van der Waals surface area contributed by atoms with Crippen molar-refractivity contribution in [3.05, 3.63) is 52.9 Å². The van der Waals surface area contributed by atoms with Crippen LogP contribution < -0.4 is 0 Å². The van der Waals surface area contributed by atoms with Gasteiger partial charge in [0, 0.05) is 18.5 Å². The van der Waals surface area contributed by atoms with Crippen LogP contribution in [0.25, 0.3) is 0 Å². The molecule has 0 N–H and O–H groups in total. The first-order valence-corrected chi connectivity index (χ1v) is 8.01. The number of carbonyl (C=O) groups excluding carboxylic acids is 1. The summed E-state index contributed by atoms with van der Waals surface area (Å²) in [6.07, 6.45) is 1.12. The first-order chi connectivity index (χ1) is 11.1. The lowest BCUT2D eigenvalue weighted by Crippen LogP contribution is -2.42. The van der Waals surface area contributed by atoms with Crippen molar-refractivity contribution in [2.24, 2.45) is 0 Å². The van der Waals surface area contributed by atoms with Crippen LogP contribution in [0, 0.1) is 13.8 Å². The molecular weight excluding hydrogens is 292 g/mol. The Morgan fingerprint density at radius 1 is 1.30 bits per heavy atom. The summed E-state index contributed by atoms with van der Waals surface area (Å²) < 4.78 is 11.0. The number of ether oxygens (including phenoxy) is 1. The SMILES string of the molecule is Cc1noc(C)c1CCC(=O)N1CCO[C@H](c2ccccc2)C1. The maximum atomic E-state index is 12.5. The number of morpholine rings is 1. The summed E-state index contributed by atoms with van der Waals surface area (Å²) in [6.45, 7) is 5.65. The zero-order chi connectivity index (χ0) is 16.2. The fraction of sp³-hybridized carbons (Fsp3) is 0.444. The zero-order valence-electron chi connectivity index (χ0n) is 13.6. The van der Waals surface area contributed by atoms with Crippen LogP contribution in [0.3, 0.4) is 0 Å². The van der Waals surface area contributed by atoms with Gasteiger partial charge in [0.25, 0.3) is 0 Å². The molecule has 0 spiro atoms. The summed E-state index contributed by atoms with van der Waals surface area (Å²) in [6, 6.07) is 10.1. The zero-order valence-corrected chi connectivity index (χ0v) is 13.6. The second-order valence-corrected chi connectivity index (χ2v) is 5.91. The van der Waals surface area contributed by atoms with Gasteiger partial charge >= 0.3 is 0 Å². The van der Waals surface area contributed by atoms with Gasteiger partial charge in [-0.25, -0.2) is 0 Å². The summed E-state index contributed by atoms with van der Waals surface area (Å²) in [5, 5.41) is 3.94. The van der Waals surface area contributed by atoms with Crippen LogP contribution in [0.15, 0.2) is 34.9 Å². The lowest BCUT2D eigenvalue weighted by molar-refractivity contribution is -0.139. The van der Waals surface area contributed by atoms with Crippen LogP contribution in [-0.2, 0) is 16.0 Å². The number of carbonyl (C=O) groups is 1. The molecule has 1 aliphatic heterocycles. The van der Waals surface area contributed by atoms with Gasteiger partial charge in [-0.15, -0.1) is 0 Å². The van der Waals surface area contributed by atoms with Gasteiger partial charge in [0.05, 0.1) is 18.8 Å². The number of hydrogen-bond donors (Lipinski definition) is 0. The minimum Gasteiger partial charge on any atom is -0.370 e. The van der Waals surface area contributed by atoms with Crippen LogP contribution in [-0.4, -0.2) is 35.7 Å². The molecule has 1 fully saturated rings. The number of nitrogens with zero attached hydrogens (tertiary/aromatic N) is 2. The van der Waals surface area contributed by atoms with Crippen LogP contribution in [0.2, 0.25) is 0 Å². The summed E-state index contributed by atoms with van der Waals surface area (Å²) in [5.74, 6) is 0.966. The number of aromatic nitrogens is 1. The average molecular weight is 314 g/mol. The minimum atomic E-state index is -0.0343. The molecule has 1 amide bonds. The van der Waals surface area contributed by atoms with Crippen molar-refractivity contribution in [3.8, 4) is 0 Å². The molecule has 0 bridgehead atoms. The van der Waals surface area contributed by atoms with Gasteiger partial charge < -0.3 is 14.2 Å². The normalized spacial score (nSPS) is 18.2. The maximum Gasteiger partial charge on any atom is 0.223 e. The van der Waals surface area contributed by atoms with E-state index in [0.29, 0.717) is 32.5 Å². The molecule has 1 atom stereocenters. The first kappa shape index (κ1) is 15.7. The Kier molecular flexibility index (Phi) is 4.76. The van der Waals surface area contributed by atoms with Crippen molar-refractivity contribution < 1.29 is 14.1 Å². The Morgan fingerprint density at radius 3 is 2.78 bits per heavy atom. The van der Waals surface area contributed by atoms with Crippen molar-refractivity contribution in [2.45, 2.75) is 32.8 Å². The number of hydrogen-bond acceptors (Lipinski definition) is 4. The molecule has 3 rings (SSSR count). The molecule has 2 aromatic rings. The minimum absolute atomic E-state index is 0.0343. The van der Waals surface area contributed by atoms with E-state index in [0.717, 1.165) is 22.6 Å². The van der Waals surface area contributed by atoms with Crippen molar-refractivity contribution >= 4 is 5.91 Å². The molecule has 0 unspecified atom stereocenters. The Balaban J connectivity index is 1.59. The van der Waals surface area contributed by atoms with Gasteiger partial charge in [0.15, 0.2) is 0 Å². The van der Waals surface area contributed by atoms with Gasteiger partial charge in [0.2, 0.25) is 5.91 Å². The quantitative estimate of drug-likeness (QED) is 0.871. The fourth-order valence-electron chi connectivity index (χ4n) is 2.99. The van der Waals surface area contributed by atoms with Crippen molar-refractivity contribution in [1.29, 1.82) is 0 Å². The molecule has 23 heavy (non-hydrogen) atoms. The molecule has 5 heteroatoms. The Morgan fingerprint density at radius 2 is 2.09 bits per heavy atom. The van der Waals surface area contributed by atoms with Gasteiger partial charge in [0.1, 0.15) is 11.9 Å². The van der Waals surface area contributed by atoms with E-state index in [-0.39, 0.29) is 12.0 Å². The van der Waals surface area contributed by atoms with E-state index in [9.17, 15) is 4.79 Å². The highest BCUT2D eigenvalue weighted by atomic mass is 16.5. The fourth-order valence-corrected chi connectivity index (χ4v) is 2.99. The lowest BCUT2D eigenvalue weighted by Gasteiger charge is -2.33. The van der Waals surface area contributed by atoms with Crippen LogP contribution >= 0.6 is 0 Å². The largest absolute Gasteiger partial charge is 0.370 e. The number of benzene rings is 1. The van der Waals surface area contributed by atoms with Crippen molar-refractivity contribution in [3.63, 3.8) is 0 Å². The summed E-state index contributed by atoms with van der Waals surface area (Å²) in [7, 11) is 0. The highest BCUT2D eigenvalue weighted by Crippen LogP contribution is 2.23. The predicted octanol–water partition coefficient (Wildman–Crippen LogP) is 2.82. The van der Waals surface area contributed by atoms with E-state index in [1.165, 1.54) is 0 Å². The molecule has 122 valence electrons. The molecule has 2 heterocycles. The number of aryl methyl sites for hydroxylation is 2. The maximum absolute atomic E-state index is 12.5. The molecule has 5 nitrogen and oxygen atoms in total. The third-order valence-corrected chi connectivity index (χ3v) is 4.36. The first-order valence-electron chi connectivity index (χ1n) is 8.01. The van der Waals surface area contributed by atoms with Gasteiger partial charge in [-0.1, -0.05) is 35.5 Å². The molecular formula is C18H22N2O3. The monoisotopic (exact) mass is 314 g/mol. The van der Waals surface area contributed by atoms with Gasteiger partial charge in [-0.2, -0.15) is 0 Å². The Bertz CT molecular complexity index is 647. The second kappa shape index (κ2) is 6.96. The smallest absolute Gasteiger partial charge is 0.223 e. The molecule has 1 saturated heterocycles. The molecule has 0 radical (unpaired) electrons.